The highest BCUT2D eigenvalue weighted by Gasteiger charge is 2.37. The molecular formula is C9H13ClF3N3O2S. The molecule has 0 saturated carbocycles. The van der Waals surface area contributed by atoms with Crippen molar-refractivity contribution >= 4 is 21.6 Å². The van der Waals surface area contributed by atoms with E-state index in [2.05, 4.69) is 4.98 Å². The summed E-state index contributed by atoms with van der Waals surface area (Å²) in [5.74, 6) is -0.232. The molecule has 0 saturated heterocycles. The molecule has 0 aliphatic rings. The Hall–Kier alpha value is -0.800. The molecule has 0 aromatic carbocycles. The van der Waals surface area contributed by atoms with Crippen molar-refractivity contribution in [3.05, 3.63) is 12.5 Å². The lowest BCUT2D eigenvalue weighted by Gasteiger charge is -2.21. The molecule has 0 amide bonds. The Balaban J connectivity index is 3.05. The van der Waals surface area contributed by atoms with Crippen LogP contribution in [0.1, 0.15) is 6.92 Å². The zero-order valence-electron chi connectivity index (χ0n) is 10.1. The Labute approximate surface area is 114 Å². The van der Waals surface area contributed by atoms with E-state index >= 15 is 0 Å². The molecule has 10 heteroatoms. The van der Waals surface area contributed by atoms with Gasteiger partial charge in [-0.3, -0.25) is 0 Å². The summed E-state index contributed by atoms with van der Waals surface area (Å²) in [6.45, 7) is 0.213. The summed E-state index contributed by atoms with van der Waals surface area (Å²) >= 11 is 5.35. The quantitative estimate of drug-likeness (QED) is 0.750. The van der Waals surface area contributed by atoms with Crippen LogP contribution in [0.3, 0.4) is 0 Å². The zero-order chi connectivity index (χ0) is 14.7. The molecule has 0 N–H and O–H groups in total. The minimum absolute atomic E-state index is 0.232. The lowest BCUT2D eigenvalue weighted by atomic mass is 10.6. The number of imidazole rings is 1. The third-order valence-corrected chi connectivity index (χ3v) is 4.17. The Morgan fingerprint density at radius 1 is 1.47 bits per heavy atom. The molecule has 0 aliphatic carbocycles. The molecule has 0 bridgehead atoms. The van der Waals surface area contributed by atoms with E-state index in [1.807, 2.05) is 0 Å². The second kappa shape index (κ2) is 6.10. The van der Waals surface area contributed by atoms with Crippen molar-refractivity contribution < 1.29 is 21.6 Å². The molecule has 0 atom stereocenters. The smallest absolute Gasteiger partial charge is 0.336 e. The van der Waals surface area contributed by atoms with Crippen molar-refractivity contribution in [1.29, 1.82) is 0 Å². The highest BCUT2D eigenvalue weighted by atomic mass is 35.5. The van der Waals surface area contributed by atoms with Gasteiger partial charge in [-0.1, -0.05) is 0 Å². The zero-order valence-corrected chi connectivity index (χ0v) is 11.6. The van der Waals surface area contributed by atoms with Crippen LogP contribution in [0, 0.1) is 0 Å². The topological polar surface area (TPSA) is 55.2 Å². The maximum absolute atomic E-state index is 12.4. The van der Waals surface area contributed by atoms with Crippen molar-refractivity contribution in [2.24, 2.45) is 0 Å². The van der Waals surface area contributed by atoms with Gasteiger partial charge in [0.25, 0.3) is 10.0 Å². The molecule has 1 aromatic heterocycles. The van der Waals surface area contributed by atoms with Crippen molar-refractivity contribution in [3.8, 4) is 0 Å². The fourth-order valence-corrected chi connectivity index (χ4v) is 3.02. The number of sulfonamides is 1. The lowest BCUT2D eigenvalue weighted by molar-refractivity contribution is -0.135. The summed E-state index contributed by atoms with van der Waals surface area (Å²) in [5.41, 5.74) is 0. The van der Waals surface area contributed by atoms with E-state index in [9.17, 15) is 21.6 Å². The summed E-state index contributed by atoms with van der Waals surface area (Å²) in [6, 6.07) is 0. The van der Waals surface area contributed by atoms with E-state index in [-0.39, 0.29) is 10.2 Å². The van der Waals surface area contributed by atoms with Gasteiger partial charge in [0.15, 0.2) is 5.03 Å². The lowest BCUT2D eigenvalue weighted by Crippen LogP contribution is -2.40. The third-order valence-electron chi connectivity index (χ3n) is 2.27. The fourth-order valence-electron chi connectivity index (χ4n) is 1.36. The largest absolute Gasteiger partial charge is 0.402 e. The Morgan fingerprint density at radius 2 is 2.11 bits per heavy atom. The molecule has 1 rings (SSSR count). The molecule has 0 spiro atoms. The minimum atomic E-state index is -4.63. The molecule has 0 unspecified atom stereocenters. The van der Waals surface area contributed by atoms with E-state index in [1.165, 1.54) is 17.1 Å². The van der Waals surface area contributed by atoms with Gasteiger partial charge < -0.3 is 4.57 Å². The van der Waals surface area contributed by atoms with Crippen LogP contribution in [-0.2, 0) is 16.6 Å². The van der Waals surface area contributed by atoms with Crippen LogP contribution in [0.25, 0.3) is 0 Å². The van der Waals surface area contributed by atoms with Crippen molar-refractivity contribution in [3.63, 3.8) is 0 Å². The van der Waals surface area contributed by atoms with Gasteiger partial charge in [0.05, 0.1) is 6.33 Å². The van der Waals surface area contributed by atoms with Gasteiger partial charge in [-0.25, -0.2) is 13.4 Å². The molecule has 0 aliphatic heterocycles. The number of rotatable bonds is 6. The highest BCUT2D eigenvalue weighted by molar-refractivity contribution is 7.89. The van der Waals surface area contributed by atoms with Crippen LogP contribution < -0.4 is 0 Å². The van der Waals surface area contributed by atoms with Crippen LogP contribution >= 0.6 is 11.6 Å². The van der Waals surface area contributed by atoms with Gasteiger partial charge in [0, 0.05) is 25.2 Å². The molecule has 19 heavy (non-hydrogen) atoms. The Kier molecular flexibility index (Phi) is 5.22. The SMILES string of the molecule is CCn1cnc(S(=O)(=O)N(CCCl)CC(F)(F)F)c1. The van der Waals surface area contributed by atoms with Crippen LogP contribution in [0.4, 0.5) is 13.2 Å². The van der Waals surface area contributed by atoms with E-state index < -0.39 is 34.3 Å². The summed E-state index contributed by atoms with van der Waals surface area (Å²) in [7, 11) is -4.29. The van der Waals surface area contributed by atoms with Crippen LogP contribution in [-0.4, -0.2) is 47.4 Å². The van der Waals surface area contributed by atoms with Crippen LogP contribution in [0.2, 0.25) is 0 Å². The van der Waals surface area contributed by atoms with Gasteiger partial charge >= 0.3 is 6.18 Å². The van der Waals surface area contributed by atoms with Crippen molar-refractivity contribution in [1.82, 2.24) is 13.9 Å². The standard InChI is InChI=1S/C9H13ClF3N3O2S/c1-2-15-5-8(14-7-15)19(17,18)16(4-3-10)6-9(11,12)13/h5,7H,2-4,6H2,1H3. The van der Waals surface area contributed by atoms with Crippen molar-refractivity contribution in [2.45, 2.75) is 24.7 Å². The molecule has 1 aromatic rings. The van der Waals surface area contributed by atoms with E-state index in [1.54, 1.807) is 6.92 Å². The van der Waals surface area contributed by atoms with E-state index in [0.717, 1.165) is 0 Å². The average molecular weight is 320 g/mol. The first-order valence-electron chi connectivity index (χ1n) is 5.35. The van der Waals surface area contributed by atoms with Gasteiger partial charge in [-0.05, 0) is 6.92 Å². The number of hydrogen-bond acceptors (Lipinski definition) is 3. The molecule has 0 fully saturated rings. The number of nitrogens with zero attached hydrogens (tertiary/aromatic N) is 3. The Bertz CT molecular complexity index is 515. The molecule has 110 valence electrons. The third kappa shape index (κ3) is 4.36. The van der Waals surface area contributed by atoms with E-state index in [4.69, 9.17) is 11.6 Å². The first kappa shape index (κ1) is 16.3. The summed E-state index contributed by atoms with van der Waals surface area (Å²) in [6.07, 6.45) is -2.20. The summed E-state index contributed by atoms with van der Waals surface area (Å²) < 4.78 is 62.9. The minimum Gasteiger partial charge on any atom is -0.336 e. The fraction of sp³-hybridized carbons (Fsp3) is 0.667. The maximum atomic E-state index is 12.4. The van der Waals surface area contributed by atoms with E-state index in [0.29, 0.717) is 6.54 Å². The molecule has 0 radical (unpaired) electrons. The number of halogens is 4. The first-order valence-corrected chi connectivity index (χ1v) is 7.33. The first-order chi connectivity index (χ1) is 8.70. The molecule has 1 heterocycles. The highest BCUT2D eigenvalue weighted by Crippen LogP contribution is 2.21. The number of alkyl halides is 4. The summed E-state index contributed by atoms with van der Waals surface area (Å²) in [5, 5.41) is -0.413. The second-order valence-corrected chi connectivity index (χ2v) is 5.95. The normalized spacial score (nSPS) is 13.2. The number of hydrogen-bond donors (Lipinski definition) is 0. The predicted molar refractivity (Wildman–Crippen MR) is 63.4 cm³/mol. The van der Waals surface area contributed by atoms with Crippen LogP contribution in [0.5, 0.6) is 0 Å². The molecule has 5 nitrogen and oxygen atoms in total. The van der Waals surface area contributed by atoms with Gasteiger partial charge in [-0.15, -0.1) is 11.6 Å². The molecular weight excluding hydrogens is 307 g/mol. The average Bonchev–Trinajstić information content (AvgIpc) is 2.75. The second-order valence-electron chi connectivity index (χ2n) is 3.69. The van der Waals surface area contributed by atoms with Gasteiger partial charge in [-0.2, -0.15) is 17.5 Å². The van der Waals surface area contributed by atoms with Gasteiger partial charge in [0.1, 0.15) is 6.54 Å². The number of aromatic nitrogens is 2. The van der Waals surface area contributed by atoms with Crippen LogP contribution in [0.15, 0.2) is 17.6 Å². The van der Waals surface area contributed by atoms with Crippen molar-refractivity contribution in [2.75, 3.05) is 19.0 Å². The number of aryl methyl sites for hydroxylation is 1. The monoisotopic (exact) mass is 319 g/mol. The predicted octanol–water partition coefficient (Wildman–Crippen LogP) is 1.69. The van der Waals surface area contributed by atoms with Gasteiger partial charge in [0.2, 0.25) is 0 Å². The Morgan fingerprint density at radius 3 is 2.53 bits per heavy atom. The summed E-state index contributed by atoms with van der Waals surface area (Å²) in [4.78, 5) is 3.61. The maximum Gasteiger partial charge on any atom is 0.402 e.